The van der Waals surface area contributed by atoms with E-state index in [1.807, 2.05) is 4.90 Å². The summed E-state index contributed by atoms with van der Waals surface area (Å²) in [4.78, 5) is 17.0. The van der Waals surface area contributed by atoms with Gasteiger partial charge in [0, 0.05) is 35.3 Å². The van der Waals surface area contributed by atoms with E-state index in [1.165, 1.54) is 22.9 Å². The Bertz CT molecular complexity index is 1160. The molecule has 3 aromatic rings. The van der Waals surface area contributed by atoms with E-state index in [2.05, 4.69) is 28.8 Å². The van der Waals surface area contributed by atoms with Gasteiger partial charge in [-0.25, -0.2) is 4.68 Å². The predicted molar refractivity (Wildman–Crippen MR) is 128 cm³/mol. The van der Waals surface area contributed by atoms with Crippen LogP contribution in [0.1, 0.15) is 23.2 Å². The van der Waals surface area contributed by atoms with Crippen molar-refractivity contribution in [2.75, 3.05) is 32.9 Å². The topological polar surface area (TPSA) is 76.6 Å². The van der Waals surface area contributed by atoms with Gasteiger partial charge in [0.25, 0.3) is 5.91 Å². The molecule has 0 unspecified atom stereocenters. The molecule has 0 radical (unpaired) electrons. The number of hydrogen-bond acceptors (Lipinski definition) is 5. The van der Waals surface area contributed by atoms with Gasteiger partial charge < -0.3 is 20.3 Å². The molecule has 1 fully saturated rings. The number of carbonyl (C=O) groups excluding carboxylic acids is 1. The molecule has 2 heterocycles. The van der Waals surface area contributed by atoms with Gasteiger partial charge in [-0.05, 0) is 69.4 Å². The van der Waals surface area contributed by atoms with Gasteiger partial charge in [0.1, 0.15) is 11.4 Å². The number of likely N-dealkylation sites (tertiary alicyclic amines) is 1. The zero-order valence-electron chi connectivity index (χ0n) is 18.9. The number of nitrogens with zero attached hydrogens (tertiary/aromatic N) is 4. The van der Waals surface area contributed by atoms with Crippen molar-refractivity contribution in [2.24, 2.45) is 0 Å². The lowest BCUT2D eigenvalue weighted by atomic mass is 10.0. The standard InChI is InChI=1S/C24H26ClF2N5O2/c1-30(2)17-9-11-31(12-10-17)23(33)15-3-6-18(7-4-15)32-14-20(28)22(29-32)19-13-16(25)5-8-21(19)34-24(26)27/h3-8,13-14,17,24H,9-12,28H2,1-2H3. The van der Waals surface area contributed by atoms with Gasteiger partial charge in [-0.2, -0.15) is 13.9 Å². The van der Waals surface area contributed by atoms with Crippen LogP contribution in [0.2, 0.25) is 5.02 Å². The van der Waals surface area contributed by atoms with E-state index in [9.17, 15) is 13.6 Å². The number of ether oxygens (including phenoxy) is 1. The van der Waals surface area contributed by atoms with Gasteiger partial charge >= 0.3 is 6.61 Å². The monoisotopic (exact) mass is 489 g/mol. The van der Waals surface area contributed by atoms with E-state index < -0.39 is 6.61 Å². The summed E-state index contributed by atoms with van der Waals surface area (Å²) in [6.07, 6.45) is 3.48. The molecule has 0 bridgehead atoms. The van der Waals surface area contributed by atoms with Crippen LogP contribution in [0.4, 0.5) is 14.5 Å². The van der Waals surface area contributed by atoms with Gasteiger partial charge in [-0.1, -0.05) is 11.6 Å². The highest BCUT2D eigenvalue weighted by molar-refractivity contribution is 6.31. The first kappa shape index (κ1) is 24.0. The third kappa shape index (κ3) is 5.15. The third-order valence-electron chi connectivity index (χ3n) is 6.02. The molecule has 0 spiro atoms. The Balaban J connectivity index is 1.53. The van der Waals surface area contributed by atoms with E-state index in [-0.39, 0.29) is 28.6 Å². The second-order valence-corrected chi connectivity index (χ2v) is 8.87. The molecule has 1 aliphatic rings. The highest BCUT2D eigenvalue weighted by atomic mass is 35.5. The number of aromatic nitrogens is 2. The largest absolute Gasteiger partial charge is 0.434 e. The van der Waals surface area contributed by atoms with Crippen LogP contribution in [0, 0.1) is 0 Å². The van der Waals surface area contributed by atoms with Crippen molar-refractivity contribution in [2.45, 2.75) is 25.5 Å². The second-order valence-electron chi connectivity index (χ2n) is 8.43. The van der Waals surface area contributed by atoms with Crippen LogP contribution in [0.3, 0.4) is 0 Å². The highest BCUT2D eigenvalue weighted by Gasteiger charge is 2.25. The van der Waals surface area contributed by atoms with Crippen LogP contribution in [0.15, 0.2) is 48.7 Å². The number of nitrogen functional groups attached to an aromatic ring is 1. The molecule has 4 rings (SSSR count). The number of hydrogen-bond donors (Lipinski definition) is 1. The maximum absolute atomic E-state index is 12.9. The summed E-state index contributed by atoms with van der Waals surface area (Å²) in [7, 11) is 4.13. The zero-order chi connectivity index (χ0) is 24.4. The number of benzene rings is 2. The molecule has 10 heteroatoms. The van der Waals surface area contributed by atoms with Crippen LogP contribution < -0.4 is 10.5 Å². The fourth-order valence-electron chi connectivity index (χ4n) is 4.14. The van der Waals surface area contributed by atoms with E-state index in [0.29, 0.717) is 22.3 Å². The van der Waals surface area contributed by atoms with Gasteiger partial charge in [0.05, 0.1) is 17.6 Å². The molecule has 7 nitrogen and oxygen atoms in total. The Kier molecular flexibility index (Phi) is 7.04. The number of carbonyl (C=O) groups is 1. The lowest BCUT2D eigenvalue weighted by Crippen LogP contribution is -2.44. The summed E-state index contributed by atoms with van der Waals surface area (Å²) in [6, 6.07) is 11.8. The zero-order valence-corrected chi connectivity index (χ0v) is 19.7. The summed E-state index contributed by atoms with van der Waals surface area (Å²) in [5.74, 6) is -0.0764. The summed E-state index contributed by atoms with van der Waals surface area (Å²) in [5.41, 5.74) is 8.19. The van der Waals surface area contributed by atoms with Crippen LogP contribution in [0.5, 0.6) is 5.75 Å². The molecule has 1 amide bonds. The van der Waals surface area contributed by atoms with E-state index >= 15 is 0 Å². The SMILES string of the molecule is CN(C)C1CCN(C(=O)c2ccc(-n3cc(N)c(-c4cc(Cl)ccc4OC(F)F)n3)cc2)CC1. The molecule has 1 aliphatic heterocycles. The number of piperidine rings is 1. The minimum absolute atomic E-state index is 0.00265. The van der Waals surface area contributed by atoms with Crippen molar-refractivity contribution < 1.29 is 18.3 Å². The predicted octanol–water partition coefficient (Wildman–Crippen LogP) is 4.54. The Labute approximate surface area is 201 Å². The average Bonchev–Trinajstić information content (AvgIpc) is 3.21. The Hall–Kier alpha value is -3.17. The Morgan fingerprint density at radius 1 is 1.18 bits per heavy atom. The lowest BCUT2D eigenvalue weighted by Gasteiger charge is -2.35. The van der Waals surface area contributed by atoms with Crippen molar-refractivity contribution in [3.8, 4) is 22.7 Å². The molecule has 1 saturated heterocycles. The Morgan fingerprint density at radius 3 is 2.47 bits per heavy atom. The van der Waals surface area contributed by atoms with Gasteiger partial charge in [0.2, 0.25) is 0 Å². The molecule has 180 valence electrons. The van der Waals surface area contributed by atoms with Gasteiger partial charge in [-0.3, -0.25) is 4.79 Å². The lowest BCUT2D eigenvalue weighted by molar-refractivity contribution is -0.0494. The first-order chi connectivity index (χ1) is 16.2. The van der Waals surface area contributed by atoms with E-state index in [1.54, 1.807) is 30.5 Å². The van der Waals surface area contributed by atoms with Crippen molar-refractivity contribution in [1.29, 1.82) is 0 Å². The third-order valence-corrected chi connectivity index (χ3v) is 6.25. The number of anilines is 1. The van der Waals surface area contributed by atoms with Crippen LogP contribution in [-0.2, 0) is 0 Å². The number of halogens is 3. The molecular formula is C24H26ClF2N5O2. The first-order valence-corrected chi connectivity index (χ1v) is 11.3. The van der Waals surface area contributed by atoms with E-state index in [0.717, 1.165) is 25.9 Å². The summed E-state index contributed by atoms with van der Waals surface area (Å²) in [6.45, 7) is -1.54. The van der Waals surface area contributed by atoms with Crippen LogP contribution in [-0.4, -0.2) is 65.3 Å². The molecule has 1 aromatic heterocycles. The molecule has 0 saturated carbocycles. The quantitative estimate of drug-likeness (QED) is 0.550. The van der Waals surface area contributed by atoms with Crippen molar-refractivity contribution in [3.63, 3.8) is 0 Å². The summed E-state index contributed by atoms with van der Waals surface area (Å²) >= 11 is 6.06. The number of alkyl halides is 2. The van der Waals surface area contributed by atoms with Crippen LogP contribution in [0.25, 0.3) is 16.9 Å². The maximum Gasteiger partial charge on any atom is 0.387 e. The smallest absolute Gasteiger partial charge is 0.387 e. The molecule has 0 atom stereocenters. The molecule has 2 aromatic carbocycles. The first-order valence-electron chi connectivity index (χ1n) is 10.9. The van der Waals surface area contributed by atoms with Crippen LogP contribution >= 0.6 is 11.6 Å². The van der Waals surface area contributed by atoms with E-state index in [4.69, 9.17) is 17.3 Å². The minimum Gasteiger partial charge on any atom is -0.434 e. The number of amides is 1. The fourth-order valence-corrected chi connectivity index (χ4v) is 4.31. The molecule has 34 heavy (non-hydrogen) atoms. The Morgan fingerprint density at radius 2 is 1.85 bits per heavy atom. The summed E-state index contributed by atoms with van der Waals surface area (Å²) in [5, 5.41) is 4.79. The fraction of sp³-hybridized carbons (Fsp3) is 0.333. The average molecular weight is 490 g/mol. The normalized spacial score (nSPS) is 14.7. The maximum atomic E-state index is 12.9. The van der Waals surface area contributed by atoms with Crippen molar-refractivity contribution in [1.82, 2.24) is 19.6 Å². The number of nitrogens with two attached hydrogens (primary N) is 1. The van der Waals surface area contributed by atoms with Gasteiger partial charge in [-0.15, -0.1) is 0 Å². The summed E-state index contributed by atoms with van der Waals surface area (Å²) < 4.78 is 31.8. The molecule has 0 aliphatic carbocycles. The highest BCUT2D eigenvalue weighted by Crippen LogP contribution is 2.36. The number of rotatable bonds is 6. The van der Waals surface area contributed by atoms with Gasteiger partial charge in [0.15, 0.2) is 0 Å². The second kappa shape index (κ2) is 9.99. The molecule has 2 N–H and O–H groups in total. The molecular weight excluding hydrogens is 464 g/mol. The van der Waals surface area contributed by atoms with Crippen molar-refractivity contribution >= 4 is 23.2 Å². The van der Waals surface area contributed by atoms with Crippen molar-refractivity contribution in [3.05, 3.63) is 59.2 Å². The minimum atomic E-state index is -3.00.